The van der Waals surface area contributed by atoms with Gasteiger partial charge < -0.3 is 15.0 Å². The van der Waals surface area contributed by atoms with E-state index < -0.39 is 0 Å². The van der Waals surface area contributed by atoms with Crippen LogP contribution in [0.25, 0.3) is 0 Å². The second-order valence-corrected chi connectivity index (χ2v) is 5.39. The van der Waals surface area contributed by atoms with Gasteiger partial charge in [-0.1, -0.05) is 0 Å². The lowest BCUT2D eigenvalue weighted by molar-refractivity contribution is -0.132. The molecule has 1 aliphatic heterocycles. The predicted molar refractivity (Wildman–Crippen MR) is 77.8 cm³/mol. The smallest absolute Gasteiger partial charge is 0.239 e. The van der Waals surface area contributed by atoms with Gasteiger partial charge >= 0.3 is 0 Å². The molecule has 1 atom stereocenters. The molecule has 5 heteroatoms. The molecule has 1 fully saturated rings. The van der Waals surface area contributed by atoms with Crippen LogP contribution < -0.4 is 10.1 Å². The Bertz CT molecular complexity index is 496. The highest BCUT2D eigenvalue weighted by Gasteiger charge is 2.25. The number of nitrogens with zero attached hydrogens (tertiary/aromatic N) is 2. The summed E-state index contributed by atoms with van der Waals surface area (Å²) in [6.45, 7) is 5.40. The molecule has 0 aliphatic carbocycles. The second kappa shape index (κ2) is 6.22. The van der Waals surface area contributed by atoms with Gasteiger partial charge in [0.05, 0.1) is 25.4 Å². The molecule has 1 saturated heterocycles. The van der Waals surface area contributed by atoms with Crippen LogP contribution in [0.2, 0.25) is 0 Å². The van der Waals surface area contributed by atoms with Gasteiger partial charge in [-0.05, 0) is 33.2 Å². The van der Waals surface area contributed by atoms with Gasteiger partial charge in [0.2, 0.25) is 5.91 Å². The summed E-state index contributed by atoms with van der Waals surface area (Å²) < 4.78 is 5.40. The number of ether oxygens (including phenoxy) is 1. The van der Waals surface area contributed by atoms with Crippen molar-refractivity contribution in [3.05, 3.63) is 23.0 Å². The average Bonchev–Trinajstić information content (AvgIpc) is 2.95. The van der Waals surface area contributed by atoms with E-state index in [1.54, 1.807) is 18.2 Å². The molecule has 1 N–H and O–H groups in total. The molecule has 1 amide bonds. The Hall–Kier alpha value is -1.62. The van der Waals surface area contributed by atoms with Crippen LogP contribution in [0, 0.1) is 13.8 Å². The van der Waals surface area contributed by atoms with E-state index in [-0.39, 0.29) is 11.9 Å². The number of rotatable bonds is 4. The summed E-state index contributed by atoms with van der Waals surface area (Å²) in [6.07, 6.45) is 3.79. The molecular formula is C15H23N3O2. The van der Waals surface area contributed by atoms with Gasteiger partial charge in [0, 0.05) is 24.4 Å². The maximum Gasteiger partial charge on any atom is 0.239 e. The zero-order valence-electron chi connectivity index (χ0n) is 12.7. The Labute approximate surface area is 120 Å². The Morgan fingerprint density at radius 3 is 2.90 bits per heavy atom. The van der Waals surface area contributed by atoms with E-state index >= 15 is 0 Å². The largest absolute Gasteiger partial charge is 0.496 e. The van der Waals surface area contributed by atoms with Crippen LogP contribution in [-0.4, -0.2) is 42.5 Å². The quantitative estimate of drug-likeness (QED) is 0.904. The fourth-order valence-corrected chi connectivity index (χ4v) is 2.69. The molecule has 20 heavy (non-hydrogen) atoms. The van der Waals surface area contributed by atoms with Gasteiger partial charge in [0.1, 0.15) is 5.75 Å². The number of amides is 1. The minimum absolute atomic E-state index is 0.0346. The van der Waals surface area contributed by atoms with E-state index in [1.165, 1.54) is 0 Å². The van der Waals surface area contributed by atoms with Crippen molar-refractivity contribution in [1.82, 2.24) is 15.2 Å². The molecular weight excluding hydrogens is 254 g/mol. The van der Waals surface area contributed by atoms with Crippen molar-refractivity contribution in [2.45, 2.75) is 39.3 Å². The van der Waals surface area contributed by atoms with Crippen molar-refractivity contribution >= 4 is 5.91 Å². The molecule has 0 bridgehead atoms. The number of pyridine rings is 1. The number of carbonyl (C=O) groups is 1. The summed E-state index contributed by atoms with van der Waals surface area (Å²) in [6, 6.07) is -0.0346. The molecule has 2 heterocycles. The van der Waals surface area contributed by atoms with Crippen molar-refractivity contribution in [3.8, 4) is 5.75 Å². The molecule has 0 radical (unpaired) electrons. The third kappa shape index (κ3) is 2.93. The first kappa shape index (κ1) is 14.8. The molecule has 0 aromatic carbocycles. The lowest BCUT2D eigenvalue weighted by Gasteiger charge is -2.22. The highest BCUT2D eigenvalue weighted by atomic mass is 16.5. The van der Waals surface area contributed by atoms with Crippen LogP contribution in [0.3, 0.4) is 0 Å². The SMILES string of the molecule is COc1c(C)cnc(CN(C)C(=O)C2CCCN2)c1C. The average molecular weight is 277 g/mol. The number of nitrogens with one attached hydrogen (secondary N) is 1. The molecule has 0 spiro atoms. The zero-order chi connectivity index (χ0) is 14.7. The van der Waals surface area contributed by atoms with E-state index in [9.17, 15) is 4.79 Å². The highest BCUT2D eigenvalue weighted by Crippen LogP contribution is 2.24. The van der Waals surface area contributed by atoms with Gasteiger partial charge in [-0.25, -0.2) is 0 Å². The highest BCUT2D eigenvalue weighted by molar-refractivity contribution is 5.81. The monoisotopic (exact) mass is 277 g/mol. The summed E-state index contributed by atoms with van der Waals surface area (Å²) >= 11 is 0. The fourth-order valence-electron chi connectivity index (χ4n) is 2.69. The first-order valence-electron chi connectivity index (χ1n) is 7.02. The van der Waals surface area contributed by atoms with E-state index in [1.807, 2.05) is 20.9 Å². The summed E-state index contributed by atoms with van der Waals surface area (Å²) in [5, 5.41) is 3.23. The van der Waals surface area contributed by atoms with Crippen LogP contribution in [0.4, 0.5) is 0 Å². The van der Waals surface area contributed by atoms with Crippen LogP contribution in [0.1, 0.15) is 29.7 Å². The normalized spacial score (nSPS) is 18.1. The van der Waals surface area contributed by atoms with Crippen LogP contribution in [0.15, 0.2) is 6.20 Å². The van der Waals surface area contributed by atoms with Crippen molar-refractivity contribution in [2.75, 3.05) is 20.7 Å². The van der Waals surface area contributed by atoms with Crippen LogP contribution in [-0.2, 0) is 11.3 Å². The molecule has 1 aromatic heterocycles. The van der Waals surface area contributed by atoms with Crippen LogP contribution in [0.5, 0.6) is 5.75 Å². The van der Waals surface area contributed by atoms with Gasteiger partial charge in [-0.2, -0.15) is 0 Å². The zero-order valence-corrected chi connectivity index (χ0v) is 12.7. The van der Waals surface area contributed by atoms with Gasteiger partial charge in [0.25, 0.3) is 0 Å². The van der Waals surface area contributed by atoms with Gasteiger partial charge in [-0.15, -0.1) is 0 Å². The topological polar surface area (TPSA) is 54.5 Å². The fraction of sp³-hybridized carbons (Fsp3) is 0.600. The summed E-state index contributed by atoms with van der Waals surface area (Å²) in [7, 11) is 3.49. The van der Waals surface area contributed by atoms with E-state index in [0.717, 1.165) is 42.0 Å². The molecule has 1 aliphatic rings. The number of hydrogen-bond donors (Lipinski definition) is 1. The first-order valence-corrected chi connectivity index (χ1v) is 7.02. The lowest BCUT2D eigenvalue weighted by atomic mass is 10.1. The standard InChI is InChI=1S/C15H23N3O2/c1-10-8-17-13(11(2)14(10)20-4)9-18(3)15(19)12-6-5-7-16-12/h8,12,16H,5-7,9H2,1-4H3. The molecule has 0 saturated carbocycles. The van der Waals surface area contributed by atoms with Gasteiger partial charge in [-0.3, -0.25) is 9.78 Å². The van der Waals surface area contributed by atoms with E-state index in [2.05, 4.69) is 10.3 Å². The Kier molecular flexibility index (Phi) is 4.60. The Morgan fingerprint density at radius 1 is 1.55 bits per heavy atom. The number of methoxy groups -OCH3 is 1. The number of aryl methyl sites for hydroxylation is 1. The number of aromatic nitrogens is 1. The summed E-state index contributed by atoms with van der Waals surface area (Å²) in [5.74, 6) is 0.998. The minimum atomic E-state index is -0.0346. The predicted octanol–water partition coefficient (Wildman–Crippen LogP) is 1.42. The third-order valence-electron chi connectivity index (χ3n) is 3.87. The summed E-state index contributed by atoms with van der Waals surface area (Å²) in [5.41, 5.74) is 2.91. The van der Waals surface area contributed by atoms with Crippen molar-refractivity contribution < 1.29 is 9.53 Å². The molecule has 1 aromatic rings. The molecule has 110 valence electrons. The first-order chi connectivity index (χ1) is 9.54. The maximum absolute atomic E-state index is 12.3. The van der Waals surface area contributed by atoms with Crippen molar-refractivity contribution in [3.63, 3.8) is 0 Å². The molecule has 2 rings (SSSR count). The Morgan fingerprint density at radius 2 is 2.30 bits per heavy atom. The van der Waals surface area contributed by atoms with Crippen molar-refractivity contribution in [2.24, 2.45) is 0 Å². The lowest BCUT2D eigenvalue weighted by Crippen LogP contribution is -2.41. The molecule has 1 unspecified atom stereocenters. The van der Waals surface area contributed by atoms with E-state index in [4.69, 9.17) is 4.74 Å². The second-order valence-electron chi connectivity index (χ2n) is 5.39. The van der Waals surface area contributed by atoms with Crippen molar-refractivity contribution in [1.29, 1.82) is 0 Å². The van der Waals surface area contributed by atoms with Gasteiger partial charge in [0.15, 0.2) is 0 Å². The van der Waals surface area contributed by atoms with E-state index in [0.29, 0.717) is 6.54 Å². The molecule has 5 nitrogen and oxygen atoms in total. The third-order valence-corrected chi connectivity index (χ3v) is 3.87. The van der Waals surface area contributed by atoms with Crippen LogP contribution >= 0.6 is 0 Å². The number of carbonyl (C=O) groups excluding carboxylic acids is 1. The number of likely N-dealkylation sites (N-methyl/N-ethyl adjacent to an activating group) is 1. The Balaban J connectivity index is 2.11. The number of hydrogen-bond acceptors (Lipinski definition) is 4. The maximum atomic E-state index is 12.3. The summed E-state index contributed by atoms with van der Waals surface area (Å²) in [4.78, 5) is 18.5. The minimum Gasteiger partial charge on any atom is -0.496 e.